The number of nitrogens with one attached hydrogen (secondary N) is 2. The highest BCUT2D eigenvalue weighted by Gasteiger charge is 2.45. The second-order valence-corrected chi connectivity index (χ2v) is 7.47. The maximum absolute atomic E-state index is 11.8. The molecule has 20 heavy (non-hydrogen) atoms. The molecule has 3 N–H and O–H groups in total. The van der Waals surface area contributed by atoms with E-state index in [-0.39, 0.29) is 17.3 Å². The minimum atomic E-state index is -0.897. The fraction of sp³-hybridized carbons (Fsp3) is 0.846. The summed E-state index contributed by atoms with van der Waals surface area (Å²) >= 11 is 0. The van der Waals surface area contributed by atoms with Gasteiger partial charge in [0, 0.05) is 34.9 Å². The minimum absolute atomic E-state index is 0.0334. The van der Waals surface area contributed by atoms with Crippen LogP contribution in [0.2, 0.25) is 0 Å². The average Bonchev–Trinajstić information content (AvgIpc) is 2.72. The molecule has 0 saturated heterocycles. The Morgan fingerprint density at radius 2 is 2.15 bits per heavy atom. The van der Waals surface area contributed by atoms with Gasteiger partial charge in [0.05, 0.1) is 5.41 Å². The average molecular weight is 304 g/mol. The Labute approximate surface area is 122 Å². The summed E-state index contributed by atoms with van der Waals surface area (Å²) in [6, 6.07) is -0.684. The van der Waals surface area contributed by atoms with E-state index in [4.69, 9.17) is 0 Å². The summed E-state index contributed by atoms with van der Waals surface area (Å²) in [5.74, 6) is -0.865. The molecule has 0 aromatic heterocycles. The van der Waals surface area contributed by atoms with Crippen molar-refractivity contribution in [1.82, 2.24) is 10.6 Å². The van der Waals surface area contributed by atoms with E-state index in [1.165, 1.54) is 0 Å². The SMILES string of the molecule is CC(CCNC(=O)NC1CCCC1(C)C(=O)O)S(C)=O. The van der Waals surface area contributed by atoms with Crippen LogP contribution in [-0.2, 0) is 15.6 Å². The summed E-state index contributed by atoms with van der Waals surface area (Å²) in [5, 5.41) is 14.7. The van der Waals surface area contributed by atoms with Gasteiger partial charge in [-0.25, -0.2) is 4.79 Å². The number of rotatable bonds is 6. The highest BCUT2D eigenvalue weighted by molar-refractivity contribution is 7.84. The molecule has 1 fully saturated rings. The normalized spacial score (nSPS) is 28.6. The molecule has 6 nitrogen and oxygen atoms in total. The van der Waals surface area contributed by atoms with Crippen molar-refractivity contribution in [1.29, 1.82) is 0 Å². The first-order chi connectivity index (χ1) is 9.27. The number of carbonyl (C=O) groups is 2. The Hall–Kier alpha value is -1.11. The van der Waals surface area contributed by atoms with E-state index in [9.17, 15) is 18.9 Å². The number of amides is 2. The lowest BCUT2D eigenvalue weighted by molar-refractivity contribution is -0.148. The summed E-state index contributed by atoms with van der Waals surface area (Å²) < 4.78 is 11.2. The lowest BCUT2D eigenvalue weighted by Gasteiger charge is -2.27. The lowest BCUT2D eigenvalue weighted by Crippen LogP contribution is -2.50. The van der Waals surface area contributed by atoms with Crippen LogP contribution in [0.15, 0.2) is 0 Å². The largest absolute Gasteiger partial charge is 0.481 e. The van der Waals surface area contributed by atoms with Gasteiger partial charge < -0.3 is 15.7 Å². The number of aliphatic carboxylic acids is 1. The third-order valence-corrected chi connectivity index (χ3v) is 5.52. The third kappa shape index (κ3) is 4.19. The van der Waals surface area contributed by atoms with E-state index < -0.39 is 22.2 Å². The van der Waals surface area contributed by atoms with Crippen molar-refractivity contribution in [3.63, 3.8) is 0 Å². The van der Waals surface area contributed by atoms with Crippen molar-refractivity contribution in [2.24, 2.45) is 5.41 Å². The fourth-order valence-corrected chi connectivity index (χ4v) is 2.87. The molecule has 1 aliphatic rings. The second-order valence-electron chi connectivity index (χ2n) is 5.67. The summed E-state index contributed by atoms with van der Waals surface area (Å²) in [6.07, 6.45) is 4.35. The standard InChI is InChI=1S/C13H24N2O4S/c1-9(20(3)19)6-8-14-12(18)15-10-5-4-7-13(10,2)11(16)17/h9-10H,4-8H2,1-3H3,(H,16,17)(H2,14,15,18). The van der Waals surface area contributed by atoms with E-state index in [0.29, 0.717) is 25.8 Å². The molecule has 1 rings (SSSR count). The molecule has 7 heteroatoms. The first-order valence-corrected chi connectivity index (χ1v) is 8.49. The molecule has 0 spiro atoms. The summed E-state index contributed by atoms with van der Waals surface area (Å²) in [7, 11) is -0.897. The van der Waals surface area contributed by atoms with Gasteiger partial charge in [0.15, 0.2) is 0 Å². The van der Waals surface area contributed by atoms with Crippen LogP contribution < -0.4 is 10.6 Å². The molecule has 0 aliphatic heterocycles. The number of hydrogen-bond acceptors (Lipinski definition) is 3. The van der Waals surface area contributed by atoms with Crippen LogP contribution in [0.4, 0.5) is 4.79 Å². The van der Waals surface area contributed by atoms with E-state index >= 15 is 0 Å². The van der Waals surface area contributed by atoms with Gasteiger partial charge >= 0.3 is 12.0 Å². The van der Waals surface area contributed by atoms with Crippen molar-refractivity contribution >= 4 is 22.8 Å². The van der Waals surface area contributed by atoms with Crippen LogP contribution in [-0.4, -0.2) is 45.4 Å². The number of carboxylic acids is 1. The summed E-state index contributed by atoms with van der Waals surface area (Å²) in [6.45, 7) is 3.98. The van der Waals surface area contributed by atoms with Crippen molar-refractivity contribution in [2.75, 3.05) is 12.8 Å². The Morgan fingerprint density at radius 3 is 2.70 bits per heavy atom. The van der Waals surface area contributed by atoms with Gasteiger partial charge in [-0.1, -0.05) is 13.3 Å². The van der Waals surface area contributed by atoms with Gasteiger partial charge in [-0.3, -0.25) is 9.00 Å². The molecule has 0 bridgehead atoms. The van der Waals surface area contributed by atoms with Crippen LogP contribution >= 0.6 is 0 Å². The van der Waals surface area contributed by atoms with Crippen molar-refractivity contribution in [3.8, 4) is 0 Å². The van der Waals surface area contributed by atoms with Crippen LogP contribution in [0.1, 0.15) is 39.5 Å². The summed E-state index contributed by atoms with van der Waals surface area (Å²) in [5.41, 5.74) is -0.879. The highest BCUT2D eigenvalue weighted by atomic mass is 32.2. The van der Waals surface area contributed by atoms with E-state index in [1.807, 2.05) is 6.92 Å². The first kappa shape index (κ1) is 16.9. The number of urea groups is 1. The van der Waals surface area contributed by atoms with Gasteiger partial charge in [-0.2, -0.15) is 0 Å². The molecule has 0 aromatic rings. The van der Waals surface area contributed by atoms with E-state index in [0.717, 1.165) is 6.42 Å². The van der Waals surface area contributed by atoms with Crippen LogP contribution in [0.5, 0.6) is 0 Å². The maximum Gasteiger partial charge on any atom is 0.315 e. The van der Waals surface area contributed by atoms with Gasteiger partial charge in [0.1, 0.15) is 0 Å². The maximum atomic E-state index is 11.8. The Morgan fingerprint density at radius 1 is 1.50 bits per heavy atom. The quantitative estimate of drug-likeness (QED) is 0.684. The number of carbonyl (C=O) groups excluding carboxylic acids is 1. The molecule has 1 saturated carbocycles. The Kier molecular flexibility index (Phi) is 5.98. The van der Waals surface area contributed by atoms with Gasteiger partial charge in [0.25, 0.3) is 0 Å². The van der Waals surface area contributed by atoms with E-state index in [2.05, 4.69) is 10.6 Å². The smallest absolute Gasteiger partial charge is 0.315 e. The molecule has 2 amide bonds. The highest BCUT2D eigenvalue weighted by Crippen LogP contribution is 2.38. The number of carboxylic acid groups (broad SMARTS) is 1. The third-order valence-electron chi connectivity index (χ3n) is 4.15. The summed E-state index contributed by atoms with van der Waals surface area (Å²) in [4.78, 5) is 23.1. The molecule has 0 heterocycles. The van der Waals surface area contributed by atoms with Gasteiger partial charge in [-0.15, -0.1) is 0 Å². The monoisotopic (exact) mass is 304 g/mol. The first-order valence-electron chi connectivity index (χ1n) is 6.87. The zero-order chi connectivity index (χ0) is 15.3. The predicted octanol–water partition coefficient (Wildman–Crippen LogP) is 1.09. The number of hydrogen-bond donors (Lipinski definition) is 3. The minimum Gasteiger partial charge on any atom is -0.481 e. The van der Waals surface area contributed by atoms with Crippen molar-refractivity contribution < 1.29 is 18.9 Å². The predicted molar refractivity (Wildman–Crippen MR) is 78.1 cm³/mol. The fourth-order valence-electron chi connectivity index (χ4n) is 2.42. The zero-order valence-electron chi connectivity index (χ0n) is 12.3. The lowest BCUT2D eigenvalue weighted by atomic mass is 9.85. The van der Waals surface area contributed by atoms with Crippen LogP contribution in [0, 0.1) is 5.41 Å². The zero-order valence-corrected chi connectivity index (χ0v) is 13.1. The van der Waals surface area contributed by atoms with Crippen molar-refractivity contribution in [3.05, 3.63) is 0 Å². The molecule has 0 radical (unpaired) electrons. The van der Waals surface area contributed by atoms with Crippen LogP contribution in [0.25, 0.3) is 0 Å². The van der Waals surface area contributed by atoms with Crippen molar-refractivity contribution in [2.45, 2.75) is 50.8 Å². The van der Waals surface area contributed by atoms with E-state index in [1.54, 1.807) is 13.2 Å². The Balaban J connectivity index is 2.39. The molecule has 0 aromatic carbocycles. The topological polar surface area (TPSA) is 95.5 Å². The molecule has 1 aliphatic carbocycles. The molecule has 4 unspecified atom stereocenters. The molecular weight excluding hydrogens is 280 g/mol. The van der Waals surface area contributed by atoms with Crippen LogP contribution in [0.3, 0.4) is 0 Å². The Bertz CT molecular complexity index is 402. The molecule has 116 valence electrons. The van der Waals surface area contributed by atoms with Gasteiger partial charge in [0.2, 0.25) is 0 Å². The second kappa shape index (κ2) is 7.06. The van der Waals surface area contributed by atoms with Gasteiger partial charge in [-0.05, 0) is 26.2 Å². The molecule has 4 atom stereocenters. The molecular formula is C13H24N2O4S.